The molecule has 0 rings (SSSR count). The summed E-state index contributed by atoms with van der Waals surface area (Å²) < 4.78 is 7.08. The zero-order valence-corrected chi connectivity index (χ0v) is 15.0. The molecule has 14 heavy (non-hydrogen) atoms. The van der Waals surface area contributed by atoms with Crippen LogP contribution in [0.15, 0.2) is 8.79 Å². The summed E-state index contributed by atoms with van der Waals surface area (Å²) in [5, 5.41) is 1.66. The van der Waals surface area contributed by atoms with Crippen molar-refractivity contribution in [2.75, 3.05) is 13.7 Å². The summed E-state index contributed by atoms with van der Waals surface area (Å²) in [7, 11) is 0.638. The van der Waals surface area contributed by atoms with Gasteiger partial charge in [0.2, 0.25) is 0 Å². The molecule has 0 unspecified atom stereocenters. The SMILES string of the molecule is COC/C(=[C](/C)[Sn]([CH3])([CH3])[CH3])[Si](C)(C)C. The first-order valence-corrected chi connectivity index (χ1v) is 18.8. The van der Waals surface area contributed by atoms with Gasteiger partial charge in [-0.25, -0.2) is 0 Å². The Kier molecular flexibility index (Phi) is 5.43. The molecule has 0 saturated heterocycles. The van der Waals surface area contributed by atoms with Gasteiger partial charge in [0.25, 0.3) is 0 Å². The molecular formula is C11H26OSiSn. The van der Waals surface area contributed by atoms with Crippen LogP contribution >= 0.6 is 0 Å². The van der Waals surface area contributed by atoms with Crippen LogP contribution in [0.3, 0.4) is 0 Å². The summed E-state index contributed by atoms with van der Waals surface area (Å²) in [4.78, 5) is 7.46. The first kappa shape index (κ1) is 14.7. The Labute approximate surface area is 94.8 Å². The fourth-order valence-electron chi connectivity index (χ4n) is 1.48. The number of ether oxygens (including phenoxy) is 1. The Morgan fingerprint density at radius 1 is 1.14 bits per heavy atom. The molecule has 0 atom stereocenters. The standard InChI is InChI=1S/C8H17OSi.3CH3.Sn/c1-6-8(7-9-2)10(3,4)5;;;;/h7H2,1-5H3;3*1H3;. The van der Waals surface area contributed by atoms with Gasteiger partial charge in [-0.05, 0) is 0 Å². The van der Waals surface area contributed by atoms with Gasteiger partial charge >= 0.3 is 95.1 Å². The summed E-state index contributed by atoms with van der Waals surface area (Å²) in [6.45, 7) is 10.5. The van der Waals surface area contributed by atoms with Crippen molar-refractivity contribution in [1.29, 1.82) is 0 Å². The van der Waals surface area contributed by atoms with E-state index in [-0.39, 0.29) is 0 Å². The fraction of sp³-hybridized carbons (Fsp3) is 0.818. The molecule has 0 bridgehead atoms. The first-order chi connectivity index (χ1) is 6.10. The molecule has 84 valence electrons. The van der Waals surface area contributed by atoms with Crippen molar-refractivity contribution in [1.82, 2.24) is 0 Å². The Balaban J connectivity index is 5.17. The van der Waals surface area contributed by atoms with E-state index in [0.29, 0.717) is 0 Å². The van der Waals surface area contributed by atoms with Crippen LogP contribution in [0.2, 0.25) is 34.5 Å². The minimum absolute atomic E-state index is 0.857. The predicted octanol–water partition coefficient (Wildman–Crippen LogP) is 3.70. The molecule has 0 spiro atoms. The zero-order valence-electron chi connectivity index (χ0n) is 11.1. The molecule has 0 fully saturated rings. The molecule has 0 saturated carbocycles. The molecule has 0 amide bonds. The van der Waals surface area contributed by atoms with Gasteiger partial charge < -0.3 is 0 Å². The summed E-state index contributed by atoms with van der Waals surface area (Å²) in [5.74, 6) is 0. The van der Waals surface area contributed by atoms with Crippen molar-refractivity contribution in [3.05, 3.63) is 8.79 Å². The zero-order chi connectivity index (χ0) is 11.6. The van der Waals surface area contributed by atoms with E-state index in [4.69, 9.17) is 4.74 Å². The van der Waals surface area contributed by atoms with Crippen LogP contribution in [0.25, 0.3) is 0 Å². The van der Waals surface area contributed by atoms with Crippen molar-refractivity contribution >= 4 is 26.5 Å². The second kappa shape index (κ2) is 5.17. The maximum atomic E-state index is 5.36. The summed E-state index contributed by atoms with van der Waals surface area (Å²) >= 11 is -1.86. The molecule has 0 aromatic heterocycles. The number of rotatable bonds is 4. The Morgan fingerprint density at radius 2 is 1.57 bits per heavy atom. The van der Waals surface area contributed by atoms with Gasteiger partial charge in [-0.3, -0.25) is 0 Å². The van der Waals surface area contributed by atoms with E-state index in [1.807, 2.05) is 7.11 Å². The Morgan fingerprint density at radius 3 is 1.79 bits per heavy atom. The third-order valence-corrected chi connectivity index (χ3v) is 13.1. The predicted molar refractivity (Wildman–Crippen MR) is 71.3 cm³/mol. The van der Waals surface area contributed by atoms with Gasteiger partial charge in [-0.15, -0.1) is 0 Å². The molecule has 0 aliphatic heterocycles. The number of hydrogen-bond acceptors (Lipinski definition) is 1. The van der Waals surface area contributed by atoms with Gasteiger partial charge in [0.1, 0.15) is 0 Å². The van der Waals surface area contributed by atoms with E-state index in [1.54, 1.807) is 8.79 Å². The Bertz CT molecular complexity index is 220. The average Bonchev–Trinajstić information content (AvgIpc) is 1.94. The summed E-state index contributed by atoms with van der Waals surface area (Å²) in [6, 6.07) is 0. The molecule has 0 aromatic rings. The van der Waals surface area contributed by atoms with Gasteiger partial charge in [0.05, 0.1) is 0 Å². The second-order valence-electron chi connectivity index (χ2n) is 6.04. The van der Waals surface area contributed by atoms with Crippen LogP contribution in [0, 0.1) is 0 Å². The Hall–Kier alpha value is 0.716. The second-order valence-corrected chi connectivity index (χ2v) is 26.1. The number of methoxy groups -OCH3 is 1. The molecule has 0 N–H and O–H groups in total. The molecule has 0 aliphatic carbocycles. The van der Waals surface area contributed by atoms with Crippen LogP contribution in [0.5, 0.6) is 0 Å². The maximum absolute atomic E-state index is 5.36. The van der Waals surface area contributed by atoms with E-state index < -0.39 is 26.5 Å². The van der Waals surface area contributed by atoms with Crippen molar-refractivity contribution in [2.24, 2.45) is 0 Å². The van der Waals surface area contributed by atoms with Crippen LogP contribution in [-0.4, -0.2) is 40.2 Å². The van der Waals surface area contributed by atoms with Gasteiger partial charge in [-0.2, -0.15) is 0 Å². The van der Waals surface area contributed by atoms with Gasteiger partial charge in [0.15, 0.2) is 0 Å². The van der Waals surface area contributed by atoms with Crippen molar-refractivity contribution in [3.8, 4) is 0 Å². The molecule has 3 heteroatoms. The molecule has 0 aromatic carbocycles. The topological polar surface area (TPSA) is 9.23 Å². The molecule has 0 heterocycles. The van der Waals surface area contributed by atoms with E-state index in [0.717, 1.165) is 6.61 Å². The van der Waals surface area contributed by atoms with E-state index in [2.05, 4.69) is 41.4 Å². The van der Waals surface area contributed by atoms with Gasteiger partial charge in [-0.1, -0.05) is 0 Å². The third kappa shape index (κ3) is 4.49. The normalized spacial score (nSPS) is 15.4. The number of hydrogen-bond donors (Lipinski definition) is 0. The van der Waals surface area contributed by atoms with Crippen LogP contribution in [0.4, 0.5) is 0 Å². The first-order valence-electron chi connectivity index (χ1n) is 5.30. The number of allylic oxidation sites excluding steroid dienone is 1. The van der Waals surface area contributed by atoms with E-state index in [9.17, 15) is 0 Å². The summed E-state index contributed by atoms with van der Waals surface area (Å²) in [6.07, 6.45) is 0. The van der Waals surface area contributed by atoms with Crippen molar-refractivity contribution in [3.63, 3.8) is 0 Å². The van der Waals surface area contributed by atoms with Crippen LogP contribution in [0.1, 0.15) is 6.92 Å². The summed E-state index contributed by atoms with van der Waals surface area (Å²) in [5.41, 5.74) is 0. The molecule has 0 aliphatic rings. The van der Waals surface area contributed by atoms with Crippen molar-refractivity contribution < 1.29 is 4.74 Å². The minimum atomic E-state index is -1.86. The fourth-order valence-corrected chi connectivity index (χ4v) is 11.7. The van der Waals surface area contributed by atoms with E-state index >= 15 is 0 Å². The molecule has 1 nitrogen and oxygen atoms in total. The molecule has 0 radical (unpaired) electrons. The average molecular weight is 321 g/mol. The van der Waals surface area contributed by atoms with Gasteiger partial charge in [0, 0.05) is 0 Å². The monoisotopic (exact) mass is 322 g/mol. The van der Waals surface area contributed by atoms with E-state index in [1.165, 1.54) is 0 Å². The van der Waals surface area contributed by atoms with Crippen LogP contribution in [-0.2, 0) is 4.74 Å². The van der Waals surface area contributed by atoms with Crippen LogP contribution < -0.4 is 0 Å². The molecular weight excluding hydrogens is 295 g/mol. The third-order valence-electron chi connectivity index (χ3n) is 2.77. The van der Waals surface area contributed by atoms with Crippen molar-refractivity contribution in [2.45, 2.75) is 41.4 Å². The quantitative estimate of drug-likeness (QED) is 0.718.